The molecule has 0 bridgehead atoms. The number of carbonyl (C=O) groups is 2. The molecule has 5 nitrogen and oxygen atoms in total. The smallest absolute Gasteiger partial charge is 0.279 e. The van der Waals surface area contributed by atoms with E-state index in [9.17, 15) is 9.59 Å². The normalized spacial score (nSPS) is 15.9. The number of hydrogen-bond acceptors (Lipinski definition) is 2. The summed E-state index contributed by atoms with van der Waals surface area (Å²) < 4.78 is 0. The van der Waals surface area contributed by atoms with Crippen molar-refractivity contribution in [1.29, 1.82) is 0 Å². The maximum atomic E-state index is 12.4. The van der Waals surface area contributed by atoms with Crippen LogP contribution < -0.4 is 10.2 Å². The highest BCUT2D eigenvalue weighted by molar-refractivity contribution is 5.97. The summed E-state index contributed by atoms with van der Waals surface area (Å²) in [7, 11) is 0. The van der Waals surface area contributed by atoms with Gasteiger partial charge in [-0.15, -0.1) is 0 Å². The number of rotatable bonds is 6. The van der Waals surface area contributed by atoms with Gasteiger partial charge in [0.05, 0.1) is 13.1 Å². The topological polar surface area (TPSA) is 53.9 Å². The number of hydrogen-bond donors (Lipinski definition) is 2. The first-order chi connectivity index (χ1) is 12.1. The highest BCUT2D eigenvalue weighted by atomic mass is 16.2. The Bertz CT molecular complexity index is 562. The van der Waals surface area contributed by atoms with Crippen LogP contribution in [-0.2, 0) is 4.79 Å². The summed E-state index contributed by atoms with van der Waals surface area (Å²) in [6, 6.07) is 7.26. The Hall–Kier alpha value is -1.88. The Labute approximate surface area is 151 Å². The molecule has 138 valence electrons. The maximum absolute atomic E-state index is 12.4. The van der Waals surface area contributed by atoms with E-state index in [1.54, 1.807) is 17.0 Å². The molecule has 2 rings (SSSR count). The average molecular weight is 346 g/mol. The van der Waals surface area contributed by atoms with E-state index in [1.807, 2.05) is 26.0 Å². The molecule has 1 aliphatic rings. The van der Waals surface area contributed by atoms with Gasteiger partial charge in [-0.1, -0.05) is 12.5 Å². The molecule has 1 fully saturated rings. The Kier molecular flexibility index (Phi) is 7.92. The lowest BCUT2D eigenvalue weighted by molar-refractivity contribution is -0.892. The van der Waals surface area contributed by atoms with Crippen molar-refractivity contribution in [2.45, 2.75) is 46.0 Å². The number of carbonyl (C=O) groups excluding carboxylic acids is 2. The fourth-order valence-electron chi connectivity index (χ4n) is 3.44. The van der Waals surface area contributed by atoms with Gasteiger partial charge in [0.2, 0.25) is 0 Å². The molecule has 1 aromatic rings. The van der Waals surface area contributed by atoms with Crippen LogP contribution in [0.1, 0.15) is 56.3 Å². The van der Waals surface area contributed by atoms with Crippen molar-refractivity contribution in [3.05, 3.63) is 29.8 Å². The van der Waals surface area contributed by atoms with E-state index in [4.69, 9.17) is 0 Å². The first kappa shape index (κ1) is 19.4. The zero-order chi connectivity index (χ0) is 18.1. The second-order valence-corrected chi connectivity index (χ2v) is 6.80. The average Bonchev–Trinajstić information content (AvgIpc) is 2.58. The van der Waals surface area contributed by atoms with E-state index in [2.05, 4.69) is 5.32 Å². The van der Waals surface area contributed by atoms with Crippen LogP contribution in [-0.4, -0.2) is 49.4 Å². The van der Waals surface area contributed by atoms with Gasteiger partial charge in [0, 0.05) is 24.3 Å². The van der Waals surface area contributed by atoms with Gasteiger partial charge < -0.3 is 15.1 Å². The molecule has 0 aliphatic carbocycles. The fraction of sp³-hybridized carbons (Fsp3) is 0.600. The van der Waals surface area contributed by atoms with E-state index in [0.29, 0.717) is 30.9 Å². The molecule has 2 amide bonds. The summed E-state index contributed by atoms with van der Waals surface area (Å²) >= 11 is 0. The minimum atomic E-state index is 0.00971. The van der Waals surface area contributed by atoms with E-state index >= 15 is 0 Å². The summed E-state index contributed by atoms with van der Waals surface area (Å²) in [5, 5.41) is 2.96. The number of likely N-dealkylation sites (tertiary alicyclic amines) is 1. The molecule has 0 aromatic heterocycles. The number of nitrogens with zero attached hydrogens (tertiary/aromatic N) is 1. The lowest BCUT2D eigenvalue weighted by Crippen LogP contribution is -3.13. The largest absolute Gasteiger partial charge is 0.339 e. The number of nitrogens with one attached hydrogen (secondary N) is 2. The molecule has 5 heteroatoms. The van der Waals surface area contributed by atoms with Crippen LogP contribution in [0.3, 0.4) is 0 Å². The third-order valence-corrected chi connectivity index (χ3v) is 4.92. The van der Waals surface area contributed by atoms with Crippen molar-refractivity contribution in [3.8, 4) is 0 Å². The Balaban J connectivity index is 1.94. The molecule has 0 saturated carbocycles. The van der Waals surface area contributed by atoms with Gasteiger partial charge in [-0.05, 0) is 57.7 Å². The van der Waals surface area contributed by atoms with Crippen molar-refractivity contribution in [3.63, 3.8) is 0 Å². The van der Waals surface area contributed by atoms with E-state index in [1.165, 1.54) is 37.0 Å². The van der Waals surface area contributed by atoms with E-state index in [-0.39, 0.29) is 11.8 Å². The van der Waals surface area contributed by atoms with Crippen molar-refractivity contribution in [1.82, 2.24) is 4.90 Å². The molecule has 0 atom stereocenters. The van der Waals surface area contributed by atoms with E-state index < -0.39 is 0 Å². The first-order valence-corrected chi connectivity index (χ1v) is 9.66. The lowest BCUT2D eigenvalue weighted by atomic mass is 10.1. The predicted molar refractivity (Wildman–Crippen MR) is 101 cm³/mol. The Morgan fingerprint density at radius 3 is 2.32 bits per heavy atom. The Morgan fingerprint density at radius 2 is 1.68 bits per heavy atom. The Morgan fingerprint density at radius 1 is 1.04 bits per heavy atom. The zero-order valence-electron chi connectivity index (χ0n) is 15.6. The molecule has 1 aromatic carbocycles. The standard InChI is InChI=1S/C20H31N3O2/c1-3-23(4-2)20(25)17-11-10-12-18(15-17)21-19(24)16-22-13-8-6-5-7-9-14-22/h10-12,15H,3-9,13-14,16H2,1-2H3,(H,21,24)/p+1. The zero-order valence-corrected chi connectivity index (χ0v) is 15.6. The van der Waals surface area contributed by atoms with Crippen LogP contribution in [0.2, 0.25) is 0 Å². The highest BCUT2D eigenvalue weighted by Crippen LogP contribution is 2.13. The number of benzene rings is 1. The minimum Gasteiger partial charge on any atom is -0.339 e. The maximum Gasteiger partial charge on any atom is 0.279 e. The van der Waals surface area contributed by atoms with Crippen molar-refractivity contribution in [2.75, 3.05) is 38.0 Å². The second-order valence-electron chi connectivity index (χ2n) is 6.80. The van der Waals surface area contributed by atoms with Gasteiger partial charge in [-0.2, -0.15) is 0 Å². The van der Waals surface area contributed by atoms with Crippen LogP contribution in [0.4, 0.5) is 5.69 Å². The quantitative estimate of drug-likeness (QED) is 0.827. The molecular formula is C20H32N3O2+. The summed E-state index contributed by atoms with van der Waals surface area (Å²) in [5.41, 5.74) is 1.33. The van der Waals surface area contributed by atoms with Crippen LogP contribution >= 0.6 is 0 Å². The molecule has 2 N–H and O–H groups in total. The van der Waals surface area contributed by atoms with Crippen molar-refractivity contribution < 1.29 is 14.5 Å². The van der Waals surface area contributed by atoms with Crippen LogP contribution in [0.15, 0.2) is 24.3 Å². The van der Waals surface area contributed by atoms with Crippen molar-refractivity contribution >= 4 is 17.5 Å². The van der Waals surface area contributed by atoms with Crippen molar-refractivity contribution in [2.24, 2.45) is 0 Å². The van der Waals surface area contributed by atoms with Gasteiger partial charge >= 0.3 is 0 Å². The molecular weight excluding hydrogens is 314 g/mol. The van der Waals surface area contributed by atoms with Crippen LogP contribution in [0, 0.1) is 0 Å². The van der Waals surface area contributed by atoms with Gasteiger partial charge in [0.25, 0.3) is 11.8 Å². The SMILES string of the molecule is CCN(CC)C(=O)c1cccc(NC(=O)C[NH+]2CCCCCCC2)c1. The molecule has 0 radical (unpaired) electrons. The van der Waals surface area contributed by atoms with Gasteiger partial charge in [0.1, 0.15) is 0 Å². The predicted octanol–water partition coefficient (Wildman–Crippen LogP) is 1.96. The van der Waals surface area contributed by atoms with Crippen LogP contribution in [0.5, 0.6) is 0 Å². The van der Waals surface area contributed by atoms with Gasteiger partial charge in [-0.3, -0.25) is 9.59 Å². The van der Waals surface area contributed by atoms with Crippen LogP contribution in [0.25, 0.3) is 0 Å². The van der Waals surface area contributed by atoms with E-state index in [0.717, 1.165) is 13.1 Å². The molecule has 1 aliphatic heterocycles. The number of amides is 2. The third-order valence-electron chi connectivity index (χ3n) is 4.92. The molecule has 0 unspecified atom stereocenters. The third kappa shape index (κ3) is 6.16. The molecule has 1 saturated heterocycles. The lowest BCUT2D eigenvalue weighted by Gasteiger charge is -2.21. The number of quaternary nitrogens is 1. The number of anilines is 1. The summed E-state index contributed by atoms with van der Waals surface area (Å²) in [6.45, 7) is 7.98. The first-order valence-electron chi connectivity index (χ1n) is 9.66. The summed E-state index contributed by atoms with van der Waals surface area (Å²) in [6.07, 6.45) is 6.29. The minimum absolute atomic E-state index is 0.00971. The highest BCUT2D eigenvalue weighted by Gasteiger charge is 2.17. The molecule has 0 spiro atoms. The summed E-state index contributed by atoms with van der Waals surface area (Å²) in [5.74, 6) is 0.0403. The molecule has 1 heterocycles. The molecule has 25 heavy (non-hydrogen) atoms. The monoisotopic (exact) mass is 346 g/mol. The van der Waals surface area contributed by atoms with Gasteiger partial charge in [-0.25, -0.2) is 0 Å². The fourth-order valence-corrected chi connectivity index (χ4v) is 3.44. The summed E-state index contributed by atoms with van der Waals surface area (Å²) in [4.78, 5) is 28.0. The van der Waals surface area contributed by atoms with Gasteiger partial charge in [0.15, 0.2) is 6.54 Å². The second kappa shape index (κ2) is 10.2.